The molecule has 1 heterocycles. The summed E-state index contributed by atoms with van der Waals surface area (Å²) in [5, 5.41) is 8.77. The lowest BCUT2D eigenvalue weighted by atomic mass is 9.99. The second kappa shape index (κ2) is 5.70. The first-order valence-electron chi connectivity index (χ1n) is 6.25. The molecule has 0 aliphatic heterocycles. The van der Waals surface area contributed by atoms with Crippen molar-refractivity contribution in [2.45, 2.75) is 20.3 Å². The van der Waals surface area contributed by atoms with E-state index in [-0.39, 0.29) is 12.2 Å². The Hall–Kier alpha value is -2.41. The first-order valence-corrected chi connectivity index (χ1v) is 6.25. The molecule has 2 rings (SSSR count). The summed E-state index contributed by atoms with van der Waals surface area (Å²) >= 11 is 0. The molecule has 2 aromatic rings. The Morgan fingerprint density at radius 1 is 1.20 bits per heavy atom. The van der Waals surface area contributed by atoms with Gasteiger partial charge in [0.05, 0.1) is 25.3 Å². The summed E-state index contributed by atoms with van der Waals surface area (Å²) in [6.07, 6.45) is 0.232. The molecule has 0 saturated heterocycles. The maximum Gasteiger partial charge on any atom is 0.145 e. The summed E-state index contributed by atoms with van der Waals surface area (Å²) in [6, 6.07) is 8.74. The quantitative estimate of drug-likeness (QED) is 0.856. The summed E-state index contributed by atoms with van der Waals surface area (Å²) in [5.41, 5.74) is 3.55. The Kier molecular flexibility index (Phi) is 3.99. The fraction of sp³-hybridized carbons (Fsp3) is 0.250. The van der Waals surface area contributed by atoms with Gasteiger partial charge in [-0.25, -0.2) is 9.37 Å². The summed E-state index contributed by atoms with van der Waals surface area (Å²) in [7, 11) is 1.57. The number of ether oxygens (including phenoxy) is 1. The number of rotatable bonds is 3. The summed E-state index contributed by atoms with van der Waals surface area (Å²) in [5.74, 6) is 0.374. The van der Waals surface area contributed by atoms with Gasteiger partial charge in [-0.3, -0.25) is 0 Å². The van der Waals surface area contributed by atoms with Gasteiger partial charge < -0.3 is 4.74 Å². The van der Waals surface area contributed by atoms with E-state index in [4.69, 9.17) is 10.00 Å². The van der Waals surface area contributed by atoms with Crippen LogP contribution < -0.4 is 4.74 Å². The maximum absolute atomic E-state index is 13.6. The first kappa shape index (κ1) is 14.0. The highest BCUT2D eigenvalue weighted by Crippen LogP contribution is 2.32. The number of nitrogens with zero attached hydrogens (tertiary/aromatic N) is 2. The molecule has 0 amide bonds. The van der Waals surface area contributed by atoms with Gasteiger partial charge in [-0.05, 0) is 49.2 Å². The summed E-state index contributed by atoms with van der Waals surface area (Å²) in [4.78, 5) is 4.47. The Balaban J connectivity index is 2.65. The summed E-state index contributed by atoms with van der Waals surface area (Å²) in [6.45, 7) is 3.59. The molecule has 0 N–H and O–H groups in total. The molecule has 0 atom stereocenters. The van der Waals surface area contributed by atoms with Crippen LogP contribution in [0.3, 0.4) is 0 Å². The molecule has 20 heavy (non-hydrogen) atoms. The third-order valence-corrected chi connectivity index (χ3v) is 3.37. The number of nitriles is 1. The van der Waals surface area contributed by atoms with Crippen LogP contribution >= 0.6 is 0 Å². The van der Waals surface area contributed by atoms with Crippen LogP contribution in [-0.2, 0) is 6.42 Å². The van der Waals surface area contributed by atoms with Crippen LogP contribution in [0.5, 0.6) is 5.75 Å². The van der Waals surface area contributed by atoms with Gasteiger partial charge in [0, 0.05) is 5.56 Å². The van der Waals surface area contributed by atoms with Gasteiger partial charge >= 0.3 is 0 Å². The normalized spacial score (nSPS) is 10.2. The van der Waals surface area contributed by atoms with Crippen LogP contribution in [-0.4, -0.2) is 12.1 Å². The highest BCUT2D eigenvalue weighted by Gasteiger charge is 2.14. The number of aromatic nitrogens is 1. The second-order valence-electron chi connectivity index (χ2n) is 4.53. The number of methoxy groups -OCH3 is 1. The molecule has 0 fully saturated rings. The van der Waals surface area contributed by atoms with E-state index in [2.05, 4.69) is 11.1 Å². The highest BCUT2D eigenvalue weighted by molar-refractivity contribution is 5.71. The topological polar surface area (TPSA) is 45.9 Å². The van der Waals surface area contributed by atoms with Gasteiger partial charge in [-0.1, -0.05) is 0 Å². The van der Waals surface area contributed by atoms with E-state index in [9.17, 15) is 4.39 Å². The van der Waals surface area contributed by atoms with Crippen LogP contribution in [0, 0.1) is 31.0 Å². The molecule has 4 heteroatoms. The lowest BCUT2D eigenvalue weighted by Gasteiger charge is -2.13. The number of hydrogen-bond acceptors (Lipinski definition) is 3. The molecule has 1 aromatic carbocycles. The van der Waals surface area contributed by atoms with E-state index in [1.807, 2.05) is 6.92 Å². The molecule has 0 aliphatic rings. The zero-order valence-electron chi connectivity index (χ0n) is 11.7. The molecule has 102 valence electrons. The Morgan fingerprint density at radius 2 is 1.95 bits per heavy atom. The lowest BCUT2D eigenvalue weighted by molar-refractivity contribution is 0.414. The minimum absolute atomic E-state index is 0.232. The van der Waals surface area contributed by atoms with Gasteiger partial charge in [0.1, 0.15) is 17.3 Å². The number of pyridine rings is 1. The Labute approximate surface area is 117 Å². The minimum atomic E-state index is -0.238. The molecule has 0 bridgehead atoms. The summed E-state index contributed by atoms with van der Waals surface area (Å²) < 4.78 is 18.9. The molecule has 3 nitrogen and oxygen atoms in total. The zero-order valence-corrected chi connectivity index (χ0v) is 11.7. The molecule has 1 aromatic heterocycles. The molecule has 0 radical (unpaired) electrons. The van der Waals surface area contributed by atoms with E-state index in [0.29, 0.717) is 22.7 Å². The Bertz CT molecular complexity index is 690. The van der Waals surface area contributed by atoms with E-state index in [1.54, 1.807) is 32.2 Å². The average Bonchev–Trinajstić information content (AvgIpc) is 2.45. The fourth-order valence-electron chi connectivity index (χ4n) is 2.07. The Morgan fingerprint density at radius 3 is 2.60 bits per heavy atom. The number of hydrogen-bond donors (Lipinski definition) is 0. The van der Waals surface area contributed by atoms with Crippen molar-refractivity contribution in [1.82, 2.24) is 4.98 Å². The third kappa shape index (κ3) is 2.48. The van der Waals surface area contributed by atoms with E-state index in [0.717, 1.165) is 11.1 Å². The van der Waals surface area contributed by atoms with Crippen LogP contribution in [0.4, 0.5) is 4.39 Å². The molecule has 0 aliphatic carbocycles. The first-order chi connectivity index (χ1) is 9.58. The smallest absolute Gasteiger partial charge is 0.145 e. The maximum atomic E-state index is 13.6. The van der Waals surface area contributed by atoms with Gasteiger partial charge in [0.2, 0.25) is 0 Å². The molecular formula is C16H15FN2O. The van der Waals surface area contributed by atoms with Crippen LogP contribution in [0.2, 0.25) is 0 Å². The number of halogens is 1. The van der Waals surface area contributed by atoms with E-state index in [1.165, 1.54) is 6.07 Å². The van der Waals surface area contributed by atoms with Crippen LogP contribution in [0.1, 0.15) is 16.8 Å². The van der Waals surface area contributed by atoms with Crippen molar-refractivity contribution in [1.29, 1.82) is 5.26 Å². The monoisotopic (exact) mass is 270 g/mol. The SMILES string of the molecule is COc1ccc(CC#N)nc1-c1ccc(F)c(C)c1C. The average molecular weight is 270 g/mol. The van der Waals surface area contributed by atoms with Crippen molar-refractivity contribution >= 4 is 0 Å². The van der Waals surface area contributed by atoms with Gasteiger partial charge in [0.25, 0.3) is 0 Å². The standard InChI is InChI=1S/C16H15FN2O/c1-10-11(2)14(17)6-5-13(10)16-15(20-3)7-4-12(19-16)8-9-18/h4-7H,8H2,1-3H3. The number of benzene rings is 1. The van der Waals surface area contributed by atoms with Crippen molar-refractivity contribution in [2.75, 3.05) is 7.11 Å². The van der Waals surface area contributed by atoms with Crippen LogP contribution in [0.25, 0.3) is 11.3 Å². The lowest BCUT2D eigenvalue weighted by Crippen LogP contribution is -1.99. The van der Waals surface area contributed by atoms with Crippen LogP contribution in [0.15, 0.2) is 24.3 Å². The van der Waals surface area contributed by atoms with Crippen molar-refractivity contribution in [3.05, 3.63) is 46.9 Å². The minimum Gasteiger partial charge on any atom is -0.494 e. The molecular weight excluding hydrogens is 255 g/mol. The van der Waals surface area contributed by atoms with E-state index >= 15 is 0 Å². The van der Waals surface area contributed by atoms with Gasteiger partial charge in [-0.15, -0.1) is 0 Å². The third-order valence-electron chi connectivity index (χ3n) is 3.37. The van der Waals surface area contributed by atoms with Crippen molar-refractivity contribution < 1.29 is 9.13 Å². The molecule has 0 unspecified atom stereocenters. The van der Waals surface area contributed by atoms with Crippen molar-refractivity contribution in [2.24, 2.45) is 0 Å². The van der Waals surface area contributed by atoms with Gasteiger partial charge in [-0.2, -0.15) is 5.26 Å². The molecule has 0 saturated carbocycles. The largest absolute Gasteiger partial charge is 0.494 e. The van der Waals surface area contributed by atoms with Crippen molar-refractivity contribution in [3.8, 4) is 23.1 Å². The fourth-order valence-corrected chi connectivity index (χ4v) is 2.07. The predicted octanol–water partition coefficient (Wildman–Crippen LogP) is 3.58. The van der Waals surface area contributed by atoms with Gasteiger partial charge in [0.15, 0.2) is 0 Å². The van der Waals surface area contributed by atoms with E-state index < -0.39 is 0 Å². The highest BCUT2D eigenvalue weighted by atomic mass is 19.1. The zero-order chi connectivity index (χ0) is 14.7. The second-order valence-corrected chi connectivity index (χ2v) is 4.53. The van der Waals surface area contributed by atoms with Crippen molar-refractivity contribution in [3.63, 3.8) is 0 Å². The predicted molar refractivity (Wildman–Crippen MR) is 75.0 cm³/mol. The molecule has 0 spiro atoms.